The van der Waals surface area contributed by atoms with Crippen molar-refractivity contribution in [3.8, 4) is 0 Å². The summed E-state index contributed by atoms with van der Waals surface area (Å²) in [7, 11) is 0. The topological polar surface area (TPSA) is 68.0 Å². The van der Waals surface area contributed by atoms with Crippen molar-refractivity contribution < 1.29 is 9.90 Å². The van der Waals surface area contributed by atoms with E-state index in [4.69, 9.17) is 11.6 Å². The Kier molecular flexibility index (Phi) is 4.75. The van der Waals surface area contributed by atoms with E-state index in [9.17, 15) is 9.90 Å². The van der Waals surface area contributed by atoms with Gasteiger partial charge in [0.2, 0.25) is 0 Å². The number of carbonyl (C=O) groups is 1. The van der Waals surface area contributed by atoms with Crippen LogP contribution in [0.3, 0.4) is 0 Å². The van der Waals surface area contributed by atoms with Crippen LogP contribution in [0.1, 0.15) is 25.8 Å². The van der Waals surface area contributed by atoms with E-state index in [2.05, 4.69) is 10.1 Å². The SMILES string of the molecule is CC(C)CC(=O)C(O)(Cn1cncn1)c1ccc(Cl)cc1. The normalized spacial score (nSPS) is 14.1. The number of Topliss-reactive ketones (excluding diaryl/α,β-unsaturated/α-hetero) is 1. The molecule has 0 bridgehead atoms. The molecule has 1 aromatic carbocycles. The van der Waals surface area contributed by atoms with Gasteiger partial charge >= 0.3 is 0 Å². The average Bonchev–Trinajstić information content (AvgIpc) is 2.91. The van der Waals surface area contributed by atoms with Gasteiger partial charge in [0.15, 0.2) is 11.4 Å². The number of hydrogen-bond donors (Lipinski definition) is 1. The molecule has 5 nitrogen and oxygen atoms in total. The highest BCUT2D eigenvalue weighted by molar-refractivity contribution is 6.30. The van der Waals surface area contributed by atoms with Crippen molar-refractivity contribution in [3.05, 3.63) is 47.5 Å². The molecule has 0 spiro atoms. The maximum atomic E-state index is 12.5. The highest BCUT2D eigenvalue weighted by Crippen LogP contribution is 2.28. The zero-order valence-corrected chi connectivity index (χ0v) is 12.8. The summed E-state index contributed by atoms with van der Waals surface area (Å²) in [6, 6.07) is 6.65. The summed E-state index contributed by atoms with van der Waals surface area (Å²) in [4.78, 5) is 16.4. The maximum Gasteiger partial charge on any atom is 0.171 e. The number of aliphatic hydroxyl groups is 1. The number of nitrogens with zero attached hydrogens (tertiary/aromatic N) is 3. The monoisotopic (exact) mass is 307 g/mol. The molecule has 0 saturated heterocycles. The molecule has 6 heteroatoms. The van der Waals surface area contributed by atoms with Gasteiger partial charge in [-0.1, -0.05) is 37.6 Å². The van der Waals surface area contributed by atoms with Crippen LogP contribution in [0.15, 0.2) is 36.9 Å². The van der Waals surface area contributed by atoms with Crippen LogP contribution >= 0.6 is 11.6 Å². The molecule has 0 saturated carbocycles. The lowest BCUT2D eigenvalue weighted by molar-refractivity contribution is -0.141. The van der Waals surface area contributed by atoms with Crippen molar-refractivity contribution in [1.29, 1.82) is 0 Å². The molecule has 0 fully saturated rings. The first-order valence-electron chi connectivity index (χ1n) is 6.76. The summed E-state index contributed by atoms with van der Waals surface area (Å²) in [5.41, 5.74) is -1.13. The Morgan fingerprint density at radius 1 is 1.38 bits per heavy atom. The highest BCUT2D eigenvalue weighted by Gasteiger charge is 2.38. The first-order valence-corrected chi connectivity index (χ1v) is 7.14. The summed E-state index contributed by atoms with van der Waals surface area (Å²) >= 11 is 5.87. The van der Waals surface area contributed by atoms with Gasteiger partial charge in [0.1, 0.15) is 12.7 Å². The summed E-state index contributed by atoms with van der Waals surface area (Å²) in [5, 5.41) is 15.5. The van der Waals surface area contributed by atoms with Crippen LogP contribution in [-0.2, 0) is 16.9 Å². The number of ketones is 1. The molecule has 1 unspecified atom stereocenters. The van der Waals surface area contributed by atoms with E-state index >= 15 is 0 Å². The first kappa shape index (κ1) is 15.7. The summed E-state index contributed by atoms with van der Waals surface area (Å²) in [5.74, 6) is -0.0811. The van der Waals surface area contributed by atoms with Crippen LogP contribution in [0.5, 0.6) is 0 Å². The van der Waals surface area contributed by atoms with Crippen molar-refractivity contribution in [2.75, 3.05) is 0 Å². The minimum Gasteiger partial charge on any atom is -0.375 e. The lowest BCUT2D eigenvalue weighted by atomic mass is 9.85. The van der Waals surface area contributed by atoms with Gasteiger partial charge in [0.25, 0.3) is 0 Å². The quantitative estimate of drug-likeness (QED) is 0.890. The molecule has 112 valence electrons. The largest absolute Gasteiger partial charge is 0.375 e. The Bertz CT molecular complexity index is 596. The van der Waals surface area contributed by atoms with Crippen LogP contribution in [0, 0.1) is 5.92 Å². The van der Waals surface area contributed by atoms with Gasteiger partial charge in [-0.2, -0.15) is 5.10 Å². The maximum absolute atomic E-state index is 12.5. The number of carbonyl (C=O) groups excluding carboxylic acids is 1. The van der Waals surface area contributed by atoms with Gasteiger partial charge in [-0.15, -0.1) is 0 Å². The molecular weight excluding hydrogens is 290 g/mol. The van der Waals surface area contributed by atoms with Crippen LogP contribution < -0.4 is 0 Å². The second-order valence-corrected chi connectivity index (χ2v) is 5.92. The molecule has 0 radical (unpaired) electrons. The van der Waals surface area contributed by atoms with Gasteiger partial charge in [0.05, 0.1) is 6.54 Å². The third kappa shape index (κ3) is 3.68. The molecule has 21 heavy (non-hydrogen) atoms. The Morgan fingerprint density at radius 2 is 2.05 bits per heavy atom. The third-order valence-corrected chi connectivity index (χ3v) is 3.49. The summed E-state index contributed by atoms with van der Waals surface area (Å²) in [6.07, 6.45) is 3.13. The minimum absolute atomic E-state index is 0.0280. The molecule has 0 aliphatic heterocycles. The molecule has 1 aromatic heterocycles. The third-order valence-electron chi connectivity index (χ3n) is 3.23. The van der Waals surface area contributed by atoms with Gasteiger partial charge in [-0.3, -0.25) is 4.79 Å². The molecule has 0 aliphatic rings. The van der Waals surface area contributed by atoms with E-state index in [1.807, 2.05) is 13.8 Å². The lowest BCUT2D eigenvalue weighted by Gasteiger charge is -2.28. The number of benzene rings is 1. The zero-order valence-electron chi connectivity index (χ0n) is 12.0. The number of hydrogen-bond acceptors (Lipinski definition) is 4. The molecule has 1 N–H and O–H groups in total. The first-order chi connectivity index (χ1) is 9.91. The minimum atomic E-state index is -1.64. The predicted octanol–water partition coefficient (Wildman–Crippen LogP) is 2.43. The van der Waals surface area contributed by atoms with E-state index in [0.717, 1.165) is 0 Å². The van der Waals surface area contributed by atoms with Gasteiger partial charge in [0, 0.05) is 11.4 Å². The van der Waals surface area contributed by atoms with Crippen molar-refractivity contribution in [1.82, 2.24) is 14.8 Å². The fraction of sp³-hybridized carbons (Fsp3) is 0.400. The van der Waals surface area contributed by atoms with Crippen LogP contribution in [0.25, 0.3) is 0 Å². The molecule has 0 amide bonds. The van der Waals surface area contributed by atoms with Gasteiger partial charge < -0.3 is 5.11 Å². The summed E-state index contributed by atoms with van der Waals surface area (Å²) < 4.78 is 1.45. The van der Waals surface area contributed by atoms with E-state index in [-0.39, 0.29) is 24.7 Å². The molecule has 0 aliphatic carbocycles. The lowest BCUT2D eigenvalue weighted by Crippen LogP contribution is -2.40. The number of rotatable bonds is 6. The predicted molar refractivity (Wildman–Crippen MR) is 79.8 cm³/mol. The molecular formula is C15H18ClN3O2. The Labute approximate surface area is 128 Å². The molecule has 1 atom stereocenters. The van der Waals surface area contributed by atoms with Crippen molar-refractivity contribution in [2.45, 2.75) is 32.4 Å². The number of halogens is 1. The average molecular weight is 308 g/mol. The molecule has 1 heterocycles. The van der Waals surface area contributed by atoms with E-state index < -0.39 is 5.60 Å². The fourth-order valence-corrected chi connectivity index (χ4v) is 2.28. The van der Waals surface area contributed by atoms with Crippen molar-refractivity contribution in [3.63, 3.8) is 0 Å². The molecule has 2 aromatic rings. The van der Waals surface area contributed by atoms with E-state index in [0.29, 0.717) is 10.6 Å². The zero-order chi connectivity index (χ0) is 15.5. The second kappa shape index (κ2) is 6.37. The van der Waals surface area contributed by atoms with E-state index in [1.165, 1.54) is 17.3 Å². The summed E-state index contributed by atoms with van der Waals surface area (Å²) in [6.45, 7) is 3.91. The second-order valence-electron chi connectivity index (χ2n) is 5.48. The van der Waals surface area contributed by atoms with E-state index in [1.54, 1.807) is 24.3 Å². The van der Waals surface area contributed by atoms with Gasteiger partial charge in [-0.25, -0.2) is 9.67 Å². The number of aromatic nitrogens is 3. The van der Waals surface area contributed by atoms with Crippen molar-refractivity contribution in [2.24, 2.45) is 5.92 Å². The fourth-order valence-electron chi connectivity index (χ4n) is 2.15. The van der Waals surface area contributed by atoms with Crippen LogP contribution in [0.4, 0.5) is 0 Å². The Hall–Kier alpha value is -1.72. The van der Waals surface area contributed by atoms with Crippen LogP contribution in [-0.4, -0.2) is 25.7 Å². The Balaban J connectivity index is 2.37. The standard InChI is InChI=1S/C15H18ClN3O2/c1-11(2)7-14(20)15(21,8-19-10-17-9-18-19)12-3-5-13(16)6-4-12/h3-6,9-11,21H,7-8H2,1-2H3. The van der Waals surface area contributed by atoms with Gasteiger partial charge in [-0.05, 0) is 23.6 Å². The smallest absolute Gasteiger partial charge is 0.171 e. The van der Waals surface area contributed by atoms with Crippen molar-refractivity contribution >= 4 is 17.4 Å². The Morgan fingerprint density at radius 3 is 2.57 bits per heavy atom. The molecule has 2 rings (SSSR count). The highest BCUT2D eigenvalue weighted by atomic mass is 35.5. The van der Waals surface area contributed by atoms with Crippen LogP contribution in [0.2, 0.25) is 5.02 Å².